The van der Waals surface area contributed by atoms with E-state index in [-0.39, 0.29) is 12.4 Å². The number of hydrogen-bond acceptors (Lipinski definition) is 1. The topological polar surface area (TPSA) is 9.23 Å². The summed E-state index contributed by atoms with van der Waals surface area (Å²) in [5.74, 6) is 5.42. The van der Waals surface area contributed by atoms with Gasteiger partial charge in [0.25, 0.3) is 0 Å². The molecule has 0 saturated heterocycles. The molecule has 0 N–H and O–H groups in total. The zero-order valence-electron chi connectivity index (χ0n) is 6.51. The minimum absolute atomic E-state index is 0.273. The molecular formula is C10H8FO. The molecule has 0 heterocycles. The second kappa shape index (κ2) is 4.40. The maximum Gasteiger partial charge on any atom is 0.149 e. The average Bonchev–Trinajstić information content (AvgIpc) is 2.09. The van der Waals surface area contributed by atoms with Gasteiger partial charge in [-0.15, -0.1) is 0 Å². The van der Waals surface area contributed by atoms with Crippen molar-refractivity contribution in [2.24, 2.45) is 0 Å². The van der Waals surface area contributed by atoms with E-state index in [1.165, 1.54) is 12.1 Å². The van der Waals surface area contributed by atoms with E-state index in [2.05, 4.69) is 18.8 Å². The van der Waals surface area contributed by atoms with E-state index in [4.69, 9.17) is 4.74 Å². The molecule has 0 aliphatic rings. The first kappa shape index (κ1) is 8.61. The van der Waals surface area contributed by atoms with Crippen LogP contribution in [-0.2, 0) is 0 Å². The van der Waals surface area contributed by atoms with E-state index in [1.807, 2.05) is 0 Å². The lowest BCUT2D eigenvalue weighted by Crippen LogP contribution is -1.93. The van der Waals surface area contributed by atoms with Crippen LogP contribution in [0.4, 0.5) is 4.39 Å². The van der Waals surface area contributed by atoms with Crippen LogP contribution >= 0.6 is 0 Å². The third kappa shape index (κ3) is 2.63. The van der Waals surface area contributed by atoms with Gasteiger partial charge in [0.2, 0.25) is 0 Å². The Labute approximate surface area is 71.2 Å². The van der Waals surface area contributed by atoms with E-state index in [9.17, 15) is 4.39 Å². The molecule has 0 aliphatic heterocycles. The Morgan fingerprint density at radius 2 is 2.00 bits per heavy atom. The van der Waals surface area contributed by atoms with Crippen molar-refractivity contribution in [1.29, 1.82) is 0 Å². The zero-order chi connectivity index (χ0) is 8.81. The van der Waals surface area contributed by atoms with Gasteiger partial charge in [0.15, 0.2) is 0 Å². The number of benzene rings is 1. The van der Waals surface area contributed by atoms with Crippen LogP contribution in [0, 0.1) is 24.6 Å². The molecule has 12 heavy (non-hydrogen) atoms. The molecule has 61 valence electrons. The van der Waals surface area contributed by atoms with Crippen LogP contribution in [0.3, 0.4) is 0 Å². The Kier molecular flexibility index (Phi) is 3.16. The molecule has 0 fully saturated rings. The Balaban J connectivity index is 2.51. The van der Waals surface area contributed by atoms with Gasteiger partial charge in [0.1, 0.15) is 18.2 Å². The first-order valence-electron chi connectivity index (χ1n) is 3.46. The number of rotatable bonds is 2. The standard InChI is InChI=1S/C10H8FO/c1-2-3-8-12-10-6-4-9(11)5-7-10/h4-7H,1,8H2. The van der Waals surface area contributed by atoms with Crippen molar-refractivity contribution >= 4 is 0 Å². The summed E-state index contributed by atoms with van der Waals surface area (Å²) in [6.45, 7) is 3.62. The lowest BCUT2D eigenvalue weighted by molar-refractivity contribution is 0.369. The van der Waals surface area contributed by atoms with E-state index < -0.39 is 0 Å². The predicted molar refractivity (Wildman–Crippen MR) is 45.0 cm³/mol. The smallest absolute Gasteiger partial charge is 0.149 e. The molecule has 1 aromatic carbocycles. The van der Waals surface area contributed by atoms with Gasteiger partial charge >= 0.3 is 0 Å². The SMILES string of the molecule is [CH2]C#CCOc1ccc(F)cc1. The van der Waals surface area contributed by atoms with Crippen molar-refractivity contribution < 1.29 is 9.13 Å². The van der Waals surface area contributed by atoms with E-state index in [0.717, 1.165) is 0 Å². The van der Waals surface area contributed by atoms with Gasteiger partial charge in [-0.2, -0.15) is 0 Å². The van der Waals surface area contributed by atoms with Crippen molar-refractivity contribution in [3.05, 3.63) is 37.0 Å². The molecule has 1 rings (SSSR count). The van der Waals surface area contributed by atoms with Gasteiger partial charge in [0.05, 0.1) is 0 Å². The number of ether oxygens (including phenoxy) is 1. The highest BCUT2D eigenvalue weighted by molar-refractivity contribution is 5.22. The van der Waals surface area contributed by atoms with E-state index in [1.54, 1.807) is 12.1 Å². The molecule has 0 amide bonds. The lowest BCUT2D eigenvalue weighted by Gasteiger charge is -1.99. The molecule has 0 unspecified atom stereocenters. The summed E-state index contributed by atoms with van der Waals surface area (Å²) in [5, 5.41) is 0. The summed E-state index contributed by atoms with van der Waals surface area (Å²) in [6, 6.07) is 5.79. The second-order valence-corrected chi connectivity index (χ2v) is 2.10. The lowest BCUT2D eigenvalue weighted by atomic mass is 10.3. The molecule has 0 atom stereocenters. The fourth-order valence-electron chi connectivity index (χ4n) is 0.701. The molecule has 0 aromatic heterocycles. The van der Waals surface area contributed by atoms with Crippen molar-refractivity contribution in [3.8, 4) is 17.6 Å². The average molecular weight is 163 g/mol. The highest BCUT2D eigenvalue weighted by Crippen LogP contribution is 2.10. The largest absolute Gasteiger partial charge is 0.481 e. The molecule has 0 saturated carbocycles. The van der Waals surface area contributed by atoms with Crippen LogP contribution in [-0.4, -0.2) is 6.61 Å². The summed E-state index contributed by atoms with van der Waals surface area (Å²) in [5.41, 5.74) is 0. The minimum atomic E-state index is -0.273. The molecule has 1 nitrogen and oxygen atoms in total. The molecular weight excluding hydrogens is 155 g/mol. The Bertz CT molecular complexity index is 292. The van der Waals surface area contributed by atoms with E-state index >= 15 is 0 Å². The van der Waals surface area contributed by atoms with Gasteiger partial charge in [-0.1, -0.05) is 11.8 Å². The van der Waals surface area contributed by atoms with Crippen molar-refractivity contribution in [2.45, 2.75) is 0 Å². The summed E-state index contributed by atoms with van der Waals surface area (Å²) in [7, 11) is 0. The molecule has 1 radical (unpaired) electrons. The summed E-state index contributed by atoms with van der Waals surface area (Å²) >= 11 is 0. The van der Waals surface area contributed by atoms with Crippen molar-refractivity contribution in [3.63, 3.8) is 0 Å². The fraction of sp³-hybridized carbons (Fsp3) is 0.100. The van der Waals surface area contributed by atoms with Crippen LogP contribution in [0.15, 0.2) is 24.3 Å². The Morgan fingerprint density at radius 3 is 2.58 bits per heavy atom. The van der Waals surface area contributed by atoms with E-state index in [0.29, 0.717) is 5.75 Å². The predicted octanol–water partition coefficient (Wildman–Crippen LogP) is 2.04. The van der Waals surface area contributed by atoms with Crippen LogP contribution < -0.4 is 4.74 Å². The first-order chi connectivity index (χ1) is 5.83. The van der Waals surface area contributed by atoms with Crippen LogP contribution in [0.25, 0.3) is 0 Å². The van der Waals surface area contributed by atoms with Gasteiger partial charge < -0.3 is 4.74 Å². The third-order valence-electron chi connectivity index (χ3n) is 1.25. The highest BCUT2D eigenvalue weighted by atomic mass is 19.1. The zero-order valence-corrected chi connectivity index (χ0v) is 6.51. The second-order valence-electron chi connectivity index (χ2n) is 2.10. The number of halogens is 1. The first-order valence-corrected chi connectivity index (χ1v) is 3.46. The van der Waals surface area contributed by atoms with Gasteiger partial charge in [-0.05, 0) is 24.3 Å². The molecule has 0 aliphatic carbocycles. The van der Waals surface area contributed by atoms with Crippen LogP contribution in [0.2, 0.25) is 0 Å². The Morgan fingerprint density at radius 1 is 1.33 bits per heavy atom. The van der Waals surface area contributed by atoms with Gasteiger partial charge in [0, 0.05) is 6.92 Å². The summed E-state index contributed by atoms with van der Waals surface area (Å²) < 4.78 is 17.5. The number of hydrogen-bond donors (Lipinski definition) is 0. The van der Waals surface area contributed by atoms with Crippen LogP contribution in [0.1, 0.15) is 0 Å². The minimum Gasteiger partial charge on any atom is -0.481 e. The van der Waals surface area contributed by atoms with Gasteiger partial charge in [-0.3, -0.25) is 0 Å². The summed E-state index contributed by atoms with van der Waals surface area (Å²) in [4.78, 5) is 0. The highest BCUT2D eigenvalue weighted by Gasteiger charge is 1.91. The van der Waals surface area contributed by atoms with Gasteiger partial charge in [-0.25, -0.2) is 4.39 Å². The maximum atomic E-state index is 12.4. The third-order valence-corrected chi connectivity index (χ3v) is 1.25. The monoisotopic (exact) mass is 163 g/mol. The summed E-state index contributed by atoms with van der Waals surface area (Å²) in [6.07, 6.45) is 0. The Hall–Kier alpha value is -1.49. The fourth-order valence-corrected chi connectivity index (χ4v) is 0.701. The molecule has 0 bridgehead atoms. The van der Waals surface area contributed by atoms with Crippen LogP contribution in [0.5, 0.6) is 5.75 Å². The molecule has 1 aromatic rings. The quantitative estimate of drug-likeness (QED) is 0.606. The maximum absolute atomic E-state index is 12.4. The normalized spacial score (nSPS) is 8.50. The van der Waals surface area contributed by atoms with Crippen molar-refractivity contribution in [1.82, 2.24) is 0 Å². The molecule has 2 heteroatoms. The molecule has 0 spiro atoms. The van der Waals surface area contributed by atoms with Crippen molar-refractivity contribution in [2.75, 3.05) is 6.61 Å².